The number of rotatable bonds is 8. The molecule has 0 aliphatic carbocycles. The van der Waals surface area contributed by atoms with Gasteiger partial charge in [0.25, 0.3) is 5.91 Å². The Kier molecular flexibility index (Phi) is 7.14. The standard InChI is InChI=1S/C27H35FN4O4/c1-4-35-27(34-3)10-15-32(26(33)22-17-30(2)18-23(22)27)12-5-11-31-13-8-19(9-14-31)25-21-7-6-20(28)16-24(21)36-29-25/h6-7,16-19H,4-5,8-15H2,1-3H3. The highest BCUT2D eigenvalue weighted by Gasteiger charge is 2.42. The van der Waals surface area contributed by atoms with Crippen LogP contribution in [0.4, 0.5) is 4.39 Å². The summed E-state index contributed by atoms with van der Waals surface area (Å²) in [4.78, 5) is 17.8. The van der Waals surface area contributed by atoms with Crippen molar-refractivity contribution in [3.8, 4) is 0 Å². The second kappa shape index (κ2) is 10.3. The number of ether oxygens (including phenoxy) is 2. The minimum absolute atomic E-state index is 0.0392. The molecule has 4 heterocycles. The summed E-state index contributed by atoms with van der Waals surface area (Å²) in [6, 6.07) is 4.63. The van der Waals surface area contributed by atoms with Crippen molar-refractivity contribution in [2.75, 3.05) is 46.4 Å². The fourth-order valence-corrected chi connectivity index (χ4v) is 5.75. The van der Waals surface area contributed by atoms with Crippen LogP contribution in [-0.4, -0.2) is 71.9 Å². The van der Waals surface area contributed by atoms with Gasteiger partial charge in [-0.05, 0) is 58.0 Å². The van der Waals surface area contributed by atoms with Crippen LogP contribution in [-0.2, 0) is 22.3 Å². The molecule has 1 saturated heterocycles. The van der Waals surface area contributed by atoms with Crippen LogP contribution in [0.2, 0.25) is 0 Å². The normalized spacial score (nSPS) is 21.8. The average Bonchev–Trinajstić information content (AvgIpc) is 3.46. The number of likely N-dealkylation sites (tertiary alicyclic amines) is 1. The van der Waals surface area contributed by atoms with Crippen molar-refractivity contribution in [3.05, 3.63) is 53.2 Å². The molecule has 1 aromatic carbocycles. The van der Waals surface area contributed by atoms with Crippen LogP contribution >= 0.6 is 0 Å². The van der Waals surface area contributed by atoms with E-state index in [1.807, 2.05) is 35.8 Å². The first-order chi connectivity index (χ1) is 17.4. The smallest absolute Gasteiger partial charge is 0.255 e. The van der Waals surface area contributed by atoms with Crippen molar-refractivity contribution in [2.45, 2.75) is 44.3 Å². The van der Waals surface area contributed by atoms with Crippen molar-refractivity contribution < 1.29 is 23.2 Å². The number of hydrogen-bond donors (Lipinski definition) is 0. The maximum atomic E-state index is 13.5. The highest BCUT2D eigenvalue weighted by atomic mass is 19.1. The molecule has 0 N–H and O–H groups in total. The summed E-state index contributed by atoms with van der Waals surface area (Å²) in [6.45, 7) is 6.60. The molecule has 8 nitrogen and oxygen atoms in total. The Labute approximate surface area is 210 Å². The Morgan fingerprint density at radius 2 is 2.00 bits per heavy atom. The van der Waals surface area contributed by atoms with E-state index in [4.69, 9.17) is 14.0 Å². The van der Waals surface area contributed by atoms with Gasteiger partial charge in [-0.3, -0.25) is 4.79 Å². The van der Waals surface area contributed by atoms with Crippen molar-refractivity contribution in [1.82, 2.24) is 19.5 Å². The molecule has 1 unspecified atom stereocenters. The van der Waals surface area contributed by atoms with Crippen LogP contribution in [0, 0.1) is 5.82 Å². The molecule has 9 heteroatoms. The van der Waals surface area contributed by atoms with Crippen molar-refractivity contribution in [3.63, 3.8) is 0 Å². The number of carbonyl (C=O) groups is 1. The maximum Gasteiger partial charge on any atom is 0.255 e. The first-order valence-electron chi connectivity index (χ1n) is 12.9. The average molecular weight is 499 g/mol. The number of benzene rings is 1. The van der Waals surface area contributed by atoms with Crippen molar-refractivity contribution in [2.24, 2.45) is 7.05 Å². The monoisotopic (exact) mass is 498 g/mol. The highest BCUT2D eigenvalue weighted by Crippen LogP contribution is 2.37. The molecule has 0 saturated carbocycles. The molecule has 3 aromatic rings. The Hall–Kier alpha value is -2.75. The fraction of sp³-hybridized carbons (Fsp3) is 0.556. The van der Waals surface area contributed by atoms with E-state index in [2.05, 4.69) is 10.1 Å². The Morgan fingerprint density at radius 1 is 1.19 bits per heavy atom. The minimum atomic E-state index is -0.894. The highest BCUT2D eigenvalue weighted by molar-refractivity contribution is 5.96. The lowest BCUT2D eigenvalue weighted by Gasteiger charge is -2.32. The molecule has 5 rings (SSSR count). The third-order valence-electron chi connectivity index (χ3n) is 7.64. The van der Waals surface area contributed by atoms with Gasteiger partial charge in [-0.25, -0.2) is 4.39 Å². The number of aryl methyl sites for hydroxylation is 1. The number of fused-ring (bicyclic) bond motifs is 2. The Bertz CT molecular complexity index is 1220. The lowest BCUT2D eigenvalue weighted by atomic mass is 9.91. The number of carbonyl (C=O) groups excluding carboxylic acids is 1. The van der Waals surface area contributed by atoms with Crippen LogP contribution in [0.3, 0.4) is 0 Å². The molecule has 1 atom stereocenters. The topological polar surface area (TPSA) is 73.0 Å². The predicted octanol–water partition coefficient (Wildman–Crippen LogP) is 4.26. The van der Waals surface area contributed by atoms with Crippen molar-refractivity contribution in [1.29, 1.82) is 0 Å². The van der Waals surface area contributed by atoms with Crippen LogP contribution in [0.15, 0.2) is 35.1 Å². The number of amides is 1. The molecule has 1 fully saturated rings. The van der Waals surface area contributed by atoms with Gasteiger partial charge in [-0.1, -0.05) is 5.16 Å². The molecule has 0 spiro atoms. The Morgan fingerprint density at radius 3 is 2.75 bits per heavy atom. The molecule has 36 heavy (non-hydrogen) atoms. The lowest BCUT2D eigenvalue weighted by molar-refractivity contribution is -0.233. The Balaban J connectivity index is 1.17. The van der Waals surface area contributed by atoms with Gasteiger partial charge in [-0.2, -0.15) is 0 Å². The molecule has 2 aliphatic heterocycles. The number of methoxy groups -OCH3 is 1. The molecule has 1 amide bonds. The number of aromatic nitrogens is 2. The largest absolute Gasteiger partial charge is 0.356 e. The fourth-order valence-electron chi connectivity index (χ4n) is 5.75. The second-order valence-corrected chi connectivity index (χ2v) is 9.86. The van der Waals surface area contributed by atoms with E-state index < -0.39 is 5.79 Å². The van der Waals surface area contributed by atoms with Gasteiger partial charge in [0, 0.05) is 75.6 Å². The lowest BCUT2D eigenvalue weighted by Crippen LogP contribution is -2.38. The zero-order valence-corrected chi connectivity index (χ0v) is 21.3. The molecular formula is C27H35FN4O4. The second-order valence-electron chi connectivity index (χ2n) is 9.86. The first-order valence-corrected chi connectivity index (χ1v) is 12.9. The molecule has 194 valence electrons. The maximum absolute atomic E-state index is 13.5. The van der Waals surface area contributed by atoms with E-state index in [0.29, 0.717) is 43.2 Å². The van der Waals surface area contributed by atoms with Crippen molar-refractivity contribution >= 4 is 16.9 Å². The SMILES string of the molecule is CCOC1(OC)CCN(CCCN2CCC(c3noc4cc(F)ccc34)CC2)C(=O)c2cn(C)cc21. The van der Waals surface area contributed by atoms with E-state index in [1.54, 1.807) is 13.2 Å². The van der Waals surface area contributed by atoms with Gasteiger partial charge < -0.3 is 28.4 Å². The third-order valence-corrected chi connectivity index (χ3v) is 7.64. The summed E-state index contributed by atoms with van der Waals surface area (Å²) >= 11 is 0. The first kappa shape index (κ1) is 24.9. The molecular weight excluding hydrogens is 463 g/mol. The molecule has 2 aliphatic rings. The molecule has 0 radical (unpaired) electrons. The van der Waals surface area contributed by atoms with Crippen LogP contribution in [0.25, 0.3) is 11.0 Å². The summed E-state index contributed by atoms with van der Waals surface area (Å²) in [5.41, 5.74) is 2.92. The number of piperidine rings is 1. The summed E-state index contributed by atoms with van der Waals surface area (Å²) in [7, 11) is 3.57. The van der Waals surface area contributed by atoms with Crippen LogP contribution in [0.1, 0.15) is 60.1 Å². The number of halogens is 1. The predicted molar refractivity (Wildman–Crippen MR) is 133 cm³/mol. The summed E-state index contributed by atoms with van der Waals surface area (Å²) < 4.78 is 32.6. The van der Waals surface area contributed by atoms with Gasteiger partial charge in [0.2, 0.25) is 0 Å². The molecule has 0 bridgehead atoms. The summed E-state index contributed by atoms with van der Waals surface area (Å²) in [5.74, 6) is -0.846. The molecule has 2 aromatic heterocycles. The zero-order valence-electron chi connectivity index (χ0n) is 21.3. The van der Waals surface area contributed by atoms with E-state index in [0.717, 1.165) is 55.5 Å². The summed E-state index contributed by atoms with van der Waals surface area (Å²) in [5, 5.41) is 5.16. The zero-order chi connectivity index (χ0) is 25.3. The van der Waals surface area contributed by atoms with Gasteiger partial charge in [0.05, 0.1) is 11.3 Å². The van der Waals surface area contributed by atoms with Gasteiger partial charge >= 0.3 is 0 Å². The third kappa shape index (κ3) is 4.67. The van der Waals surface area contributed by atoms with Gasteiger partial charge in [-0.15, -0.1) is 0 Å². The number of nitrogens with zero attached hydrogens (tertiary/aromatic N) is 4. The van der Waals surface area contributed by atoms with E-state index in [1.165, 1.54) is 12.1 Å². The van der Waals surface area contributed by atoms with Gasteiger partial charge in [0.1, 0.15) is 5.82 Å². The number of hydrogen-bond acceptors (Lipinski definition) is 6. The van der Waals surface area contributed by atoms with E-state index in [-0.39, 0.29) is 11.7 Å². The van der Waals surface area contributed by atoms with Gasteiger partial charge in [0.15, 0.2) is 11.4 Å². The van der Waals surface area contributed by atoms with Crippen LogP contribution < -0.4 is 0 Å². The summed E-state index contributed by atoms with van der Waals surface area (Å²) in [6.07, 6.45) is 7.28. The van der Waals surface area contributed by atoms with E-state index >= 15 is 0 Å². The van der Waals surface area contributed by atoms with E-state index in [9.17, 15) is 9.18 Å². The quantitative estimate of drug-likeness (QED) is 0.432. The minimum Gasteiger partial charge on any atom is -0.356 e. The van der Waals surface area contributed by atoms with Crippen LogP contribution in [0.5, 0.6) is 0 Å².